The number of hydrogen-bond donors (Lipinski definition) is 0. The molecule has 0 aliphatic heterocycles. The van der Waals surface area contributed by atoms with Gasteiger partial charge >= 0.3 is 0 Å². The topological polar surface area (TPSA) is 35.6 Å². The van der Waals surface area contributed by atoms with Crippen molar-refractivity contribution in [2.75, 3.05) is 0 Å². The lowest BCUT2D eigenvalue weighted by molar-refractivity contribution is 1.02. The highest BCUT2D eigenvalue weighted by atomic mass is 32.1. The summed E-state index contributed by atoms with van der Waals surface area (Å²) in [7, 11) is 0. The van der Waals surface area contributed by atoms with Crippen molar-refractivity contribution >= 4 is 75.9 Å². The Balaban J connectivity index is 1.07. The molecule has 0 saturated heterocycles. The molecule has 0 aliphatic rings. The van der Waals surface area contributed by atoms with Crippen molar-refractivity contribution in [3.63, 3.8) is 0 Å². The Morgan fingerprint density at radius 2 is 0.982 bits per heavy atom. The highest BCUT2D eigenvalue weighted by Crippen LogP contribution is 2.42. The molecule has 12 rings (SSSR count). The number of thiophene rings is 1. The molecule has 57 heavy (non-hydrogen) atoms. The van der Waals surface area contributed by atoms with Gasteiger partial charge in [0.15, 0.2) is 0 Å². The summed E-state index contributed by atoms with van der Waals surface area (Å²) in [6, 6.07) is 69.6. The van der Waals surface area contributed by atoms with E-state index >= 15 is 0 Å². The summed E-state index contributed by atoms with van der Waals surface area (Å²) in [5, 5.41) is 7.36. The van der Waals surface area contributed by atoms with Crippen LogP contribution < -0.4 is 0 Å². The summed E-state index contributed by atoms with van der Waals surface area (Å²) in [6.45, 7) is 0. The molecular weight excluding hydrogens is 713 g/mol. The van der Waals surface area contributed by atoms with Gasteiger partial charge in [-0.25, -0.2) is 9.97 Å². The van der Waals surface area contributed by atoms with Gasteiger partial charge in [0, 0.05) is 37.7 Å². The minimum Gasteiger partial charge on any atom is -0.309 e. The molecule has 0 bridgehead atoms. The van der Waals surface area contributed by atoms with Gasteiger partial charge in [0.2, 0.25) is 5.95 Å². The maximum atomic E-state index is 5.38. The number of rotatable bonds is 5. The Bertz CT molecular complexity index is 3510. The zero-order chi connectivity index (χ0) is 37.5. The third-order valence-electron chi connectivity index (χ3n) is 11.3. The second kappa shape index (κ2) is 12.6. The van der Waals surface area contributed by atoms with Crippen molar-refractivity contribution in [1.82, 2.24) is 19.1 Å². The van der Waals surface area contributed by atoms with Crippen LogP contribution in [0, 0.1) is 0 Å². The Morgan fingerprint density at radius 1 is 0.386 bits per heavy atom. The fourth-order valence-corrected chi connectivity index (χ4v) is 9.86. The lowest BCUT2D eigenvalue weighted by Crippen LogP contribution is -2.02. The molecule has 4 aromatic heterocycles. The molecule has 0 aliphatic carbocycles. The van der Waals surface area contributed by atoms with E-state index in [9.17, 15) is 0 Å². The van der Waals surface area contributed by atoms with Gasteiger partial charge in [-0.05, 0) is 82.1 Å². The highest BCUT2D eigenvalue weighted by molar-refractivity contribution is 7.22. The van der Waals surface area contributed by atoms with E-state index in [4.69, 9.17) is 9.97 Å². The third kappa shape index (κ3) is 4.99. The van der Waals surface area contributed by atoms with Gasteiger partial charge in [0.1, 0.15) is 0 Å². The van der Waals surface area contributed by atoms with Gasteiger partial charge in [-0.15, -0.1) is 11.3 Å². The van der Waals surface area contributed by atoms with E-state index < -0.39 is 0 Å². The van der Waals surface area contributed by atoms with Crippen molar-refractivity contribution in [2.45, 2.75) is 0 Å². The lowest BCUT2D eigenvalue weighted by Gasteiger charge is -2.10. The molecule has 0 spiro atoms. The maximum Gasteiger partial charge on any atom is 0.235 e. The fourth-order valence-electron chi connectivity index (χ4n) is 8.75. The summed E-state index contributed by atoms with van der Waals surface area (Å²) in [6.07, 6.45) is 0. The Kier molecular flexibility index (Phi) is 7.06. The second-order valence-corrected chi connectivity index (χ2v) is 15.6. The molecule has 4 nitrogen and oxygen atoms in total. The zero-order valence-electron chi connectivity index (χ0n) is 30.7. The fraction of sp³-hybridized carbons (Fsp3) is 0. The number of para-hydroxylation sites is 2. The summed E-state index contributed by atoms with van der Waals surface area (Å²) >= 11 is 1.75. The molecule has 266 valence electrons. The largest absolute Gasteiger partial charge is 0.309 e. The molecule has 8 aromatic carbocycles. The molecule has 0 fully saturated rings. The third-order valence-corrected chi connectivity index (χ3v) is 12.5. The van der Waals surface area contributed by atoms with Crippen LogP contribution in [0.25, 0.3) is 109 Å². The van der Waals surface area contributed by atoms with Crippen molar-refractivity contribution in [3.8, 4) is 44.5 Å². The molecule has 0 N–H and O–H groups in total. The van der Waals surface area contributed by atoms with Crippen LogP contribution in [-0.2, 0) is 0 Å². The number of fused-ring (bicyclic) bond motifs is 9. The van der Waals surface area contributed by atoms with Crippen LogP contribution in [0.15, 0.2) is 194 Å². The Morgan fingerprint density at radius 3 is 1.75 bits per heavy atom. The SMILES string of the molecule is c1ccc(-c2cc3nc(-n4c5ccccc5c5cc(-c6ccc7c(c6)c6c8ccccc8ccc6n7-c6ccccc6)ccc54)nc(-c4ccccc4)c3s2)cc1. The predicted octanol–water partition coefficient (Wildman–Crippen LogP) is 14.0. The first kappa shape index (κ1) is 32.0. The summed E-state index contributed by atoms with van der Waals surface area (Å²) in [4.78, 5) is 11.9. The molecule has 4 heterocycles. The zero-order valence-corrected chi connectivity index (χ0v) is 31.5. The molecule has 0 saturated carbocycles. The van der Waals surface area contributed by atoms with Crippen molar-refractivity contribution in [2.24, 2.45) is 0 Å². The van der Waals surface area contributed by atoms with Crippen LogP contribution in [0.3, 0.4) is 0 Å². The first-order chi connectivity index (χ1) is 28.3. The van der Waals surface area contributed by atoms with Crippen LogP contribution in [-0.4, -0.2) is 19.1 Å². The van der Waals surface area contributed by atoms with Gasteiger partial charge in [-0.1, -0.05) is 140 Å². The molecule has 0 unspecified atom stereocenters. The maximum absolute atomic E-state index is 5.38. The minimum absolute atomic E-state index is 0.666. The standard InChI is InChI=1S/C52H32N4S/c1-4-15-34(16-5-1)48-32-43-51(57-48)50(35-17-6-2-7-18-35)54-52(53-43)56-44-23-13-12-22-40(44)41-30-36(25-27-45(41)56)37-26-28-46-42(31-37)49-39-21-11-10-14-33(39)24-29-47(49)55(46)38-19-8-3-9-20-38/h1-32H. The Hall–Kier alpha value is -7.34. The average molecular weight is 745 g/mol. The molecule has 5 heteroatoms. The lowest BCUT2D eigenvalue weighted by atomic mass is 9.99. The smallest absolute Gasteiger partial charge is 0.235 e. The van der Waals surface area contributed by atoms with Gasteiger partial charge in [-0.2, -0.15) is 0 Å². The van der Waals surface area contributed by atoms with E-state index in [2.05, 4.69) is 203 Å². The second-order valence-electron chi connectivity index (χ2n) is 14.6. The van der Waals surface area contributed by atoms with E-state index in [1.165, 1.54) is 64.9 Å². The van der Waals surface area contributed by atoms with Crippen LogP contribution in [0.2, 0.25) is 0 Å². The van der Waals surface area contributed by atoms with E-state index in [1.807, 2.05) is 0 Å². The van der Waals surface area contributed by atoms with Crippen molar-refractivity contribution in [1.29, 1.82) is 0 Å². The van der Waals surface area contributed by atoms with Crippen LogP contribution in [0.5, 0.6) is 0 Å². The molecule has 12 aromatic rings. The van der Waals surface area contributed by atoms with E-state index in [1.54, 1.807) is 11.3 Å². The first-order valence-electron chi connectivity index (χ1n) is 19.2. The van der Waals surface area contributed by atoms with E-state index in [-0.39, 0.29) is 0 Å². The minimum atomic E-state index is 0.666. The van der Waals surface area contributed by atoms with E-state index in [0.29, 0.717) is 5.95 Å². The van der Waals surface area contributed by atoms with Crippen molar-refractivity contribution < 1.29 is 0 Å². The van der Waals surface area contributed by atoms with Crippen LogP contribution >= 0.6 is 11.3 Å². The monoisotopic (exact) mass is 744 g/mol. The first-order valence-corrected chi connectivity index (χ1v) is 20.1. The van der Waals surface area contributed by atoms with Crippen LogP contribution in [0.4, 0.5) is 0 Å². The summed E-state index contributed by atoms with van der Waals surface area (Å²) in [5.74, 6) is 0.666. The van der Waals surface area contributed by atoms with Gasteiger partial charge in [0.05, 0.1) is 38.0 Å². The van der Waals surface area contributed by atoms with Gasteiger partial charge in [-0.3, -0.25) is 4.57 Å². The number of aromatic nitrogens is 4. The molecular formula is C52H32N4S. The summed E-state index contributed by atoms with van der Waals surface area (Å²) < 4.78 is 5.72. The predicted molar refractivity (Wildman–Crippen MR) is 240 cm³/mol. The van der Waals surface area contributed by atoms with E-state index in [0.717, 1.165) is 38.2 Å². The summed E-state index contributed by atoms with van der Waals surface area (Å²) in [5.41, 5.74) is 12.2. The highest BCUT2D eigenvalue weighted by Gasteiger charge is 2.21. The van der Waals surface area contributed by atoms with Gasteiger partial charge in [0.25, 0.3) is 0 Å². The quantitative estimate of drug-likeness (QED) is 0.176. The molecule has 0 radical (unpaired) electrons. The number of benzene rings is 8. The van der Waals surface area contributed by atoms with Crippen LogP contribution in [0.1, 0.15) is 0 Å². The average Bonchev–Trinajstić information content (AvgIpc) is 3.97. The Labute approximate surface area is 332 Å². The van der Waals surface area contributed by atoms with Gasteiger partial charge < -0.3 is 4.57 Å². The molecule has 0 amide bonds. The normalized spacial score (nSPS) is 11.9. The number of nitrogens with zero attached hydrogens (tertiary/aromatic N) is 4. The number of hydrogen-bond acceptors (Lipinski definition) is 3. The molecule has 0 atom stereocenters. The van der Waals surface area contributed by atoms with Crippen molar-refractivity contribution in [3.05, 3.63) is 194 Å².